The molecule has 0 atom stereocenters. The van der Waals surface area contributed by atoms with E-state index in [9.17, 15) is 4.79 Å². The minimum atomic E-state index is -0.346. The molecule has 0 unspecified atom stereocenters. The second kappa shape index (κ2) is 4.85. The van der Waals surface area contributed by atoms with Gasteiger partial charge in [-0.2, -0.15) is 4.98 Å². The van der Waals surface area contributed by atoms with E-state index >= 15 is 0 Å². The average Bonchev–Trinajstić information content (AvgIpc) is 2.63. The summed E-state index contributed by atoms with van der Waals surface area (Å²) in [7, 11) is 0. The van der Waals surface area contributed by atoms with Crippen LogP contribution in [0.25, 0.3) is 0 Å². The maximum atomic E-state index is 11.9. The number of nitrogens with one attached hydrogen (secondary N) is 2. The first-order chi connectivity index (χ1) is 8.06. The molecular weight excluding hydrogens is 307 g/mol. The lowest BCUT2D eigenvalue weighted by molar-refractivity contribution is 0.102. The van der Waals surface area contributed by atoms with Gasteiger partial charge in [0, 0.05) is 4.47 Å². The van der Waals surface area contributed by atoms with Gasteiger partial charge in [0.2, 0.25) is 5.95 Å². The van der Waals surface area contributed by atoms with Crippen LogP contribution in [0.2, 0.25) is 5.02 Å². The monoisotopic (exact) mass is 314 g/mol. The Balaban J connectivity index is 2.20. The van der Waals surface area contributed by atoms with Gasteiger partial charge in [-0.15, -0.1) is 5.10 Å². The minimum absolute atomic E-state index is 0.228. The predicted molar refractivity (Wildman–Crippen MR) is 68.2 cm³/mol. The van der Waals surface area contributed by atoms with Crippen molar-refractivity contribution in [2.75, 3.05) is 5.32 Å². The van der Waals surface area contributed by atoms with Gasteiger partial charge >= 0.3 is 0 Å². The normalized spacial score (nSPS) is 10.3. The van der Waals surface area contributed by atoms with Crippen molar-refractivity contribution >= 4 is 39.4 Å². The molecule has 0 saturated carbocycles. The van der Waals surface area contributed by atoms with E-state index < -0.39 is 0 Å². The first-order valence-corrected chi connectivity index (χ1v) is 5.89. The van der Waals surface area contributed by atoms with Crippen molar-refractivity contribution in [3.8, 4) is 0 Å². The van der Waals surface area contributed by atoms with Crippen molar-refractivity contribution in [2.45, 2.75) is 6.92 Å². The molecule has 1 aromatic carbocycles. The first kappa shape index (κ1) is 12.1. The van der Waals surface area contributed by atoms with Crippen LogP contribution in [-0.2, 0) is 0 Å². The Morgan fingerprint density at radius 2 is 2.29 bits per heavy atom. The first-order valence-electron chi connectivity index (χ1n) is 4.71. The van der Waals surface area contributed by atoms with Gasteiger partial charge in [0.15, 0.2) is 0 Å². The molecule has 0 aliphatic heterocycles. The zero-order valence-corrected chi connectivity index (χ0v) is 11.1. The number of carbonyl (C=O) groups excluding carboxylic acids is 1. The smallest absolute Gasteiger partial charge is 0.259 e. The Morgan fingerprint density at radius 1 is 1.53 bits per heavy atom. The van der Waals surface area contributed by atoms with Gasteiger partial charge in [-0.05, 0) is 25.1 Å². The molecule has 1 amide bonds. The topological polar surface area (TPSA) is 70.7 Å². The highest BCUT2D eigenvalue weighted by molar-refractivity contribution is 9.10. The molecule has 0 aliphatic carbocycles. The summed E-state index contributed by atoms with van der Waals surface area (Å²) >= 11 is 9.23. The maximum Gasteiger partial charge on any atom is 0.259 e. The fourth-order valence-corrected chi connectivity index (χ4v) is 2.00. The molecule has 2 rings (SSSR count). The fraction of sp³-hybridized carbons (Fsp3) is 0.100. The number of anilines is 1. The molecule has 0 aliphatic rings. The summed E-state index contributed by atoms with van der Waals surface area (Å²) in [4.78, 5) is 15.8. The number of H-pyrrole nitrogens is 1. The summed E-state index contributed by atoms with van der Waals surface area (Å²) in [5.41, 5.74) is 0.373. The lowest BCUT2D eigenvalue weighted by atomic mass is 10.2. The quantitative estimate of drug-likeness (QED) is 0.895. The number of aryl methyl sites for hydroxylation is 1. The second-order valence-electron chi connectivity index (χ2n) is 3.32. The number of rotatable bonds is 2. The van der Waals surface area contributed by atoms with Crippen molar-refractivity contribution in [3.63, 3.8) is 0 Å². The summed E-state index contributed by atoms with van der Waals surface area (Å²) < 4.78 is 0.813. The number of hydrogen-bond acceptors (Lipinski definition) is 3. The zero-order valence-electron chi connectivity index (χ0n) is 8.79. The molecule has 2 aromatic rings. The Morgan fingerprint density at radius 3 is 2.88 bits per heavy atom. The van der Waals surface area contributed by atoms with Gasteiger partial charge in [-0.3, -0.25) is 15.2 Å². The molecule has 1 aromatic heterocycles. The van der Waals surface area contributed by atoms with Crippen LogP contribution in [0.1, 0.15) is 16.2 Å². The van der Waals surface area contributed by atoms with Crippen molar-refractivity contribution < 1.29 is 4.79 Å². The van der Waals surface area contributed by atoms with E-state index in [4.69, 9.17) is 11.6 Å². The Kier molecular flexibility index (Phi) is 3.44. The van der Waals surface area contributed by atoms with Gasteiger partial charge in [0.25, 0.3) is 5.91 Å². The number of amides is 1. The summed E-state index contributed by atoms with van der Waals surface area (Å²) in [6, 6.07) is 5.02. The van der Waals surface area contributed by atoms with Crippen LogP contribution in [0.5, 0.6) is 0 Å². The molecule has 2 N–H and O–H groups in total. The molecule has 17 heavy (non-hydrogen) atoms. The molecule has 7 heteroatoms. The van der Waals surface area contributed by atoms with Crippen LogP contribution < -0.4 is 5.32 Å². The molecule has 0 bridgehead atoms. The number of carbonyl (C=O) groups is 1. The number of halogens is 2. The van der Waals surface area contributed by atoms with Gasteiger partial charge in [0.05, 0.1) is 10.6 Å². The summed E-state index contributed by atoms with van der Waals surface area (Å²) in [6.45, 7) is 1.75. The minimum Gasteiger partial charge on any atom is -0.289 e. The Hall–Kier alpha value is -1.40. The van der Waals surface area contributed by atoms with E-state index in [2.05, 4.69) is 36.4 Å². The third-order valence-electron chi connectivity index (χ3n) is 2.00. The molecule has 0 radical (unpaired) electrons. The van der Waals surface area contributed by atoms with Crippen molar-refractivity contribution in [2.24, 2.45) is 0 Å². The molecule has 0 saturated heterocycles. The second-order valence-corrected chi connectivity index (χ2v) is 4.65. The highest BCUT2D eigenvalue weighted by atomic mass is 79.9. The summed E-state index contributed by atoms with van der Waals surface area (Å²) in [5, 5.41) is 9.35. The van der Waals surface area contributed by atoms with Gasteiger partial charge in [-0.1, -0.05) is 27.5 Å². The molecule has 1 heterocycles. The van der Waals surface area contributed by atoms with Crippen LogP contribution in [0, 0.1) is 6.92 Å². The van der Waals surface area contributed by atoms with Crippen molar-refractivity contribution in [1.29, 1.82) is 0 Å². The van der Waals surface area contributed by atoms with Crippen LogP contribution in [-0.4, -0.2) is 21.1 Å². The van der Waals surface area contributed by atoms with Crippen LogP contribution in [0.4, 0.5) is 5.95 Å². The third kappa shape index (κ3) is 2.83. The van der Waals surface area contributed by atoms with Crippen molar-refractivity contribution in [1.82, 2.24) is 15.2 Å². The SMILES string of the molecule is Cc1nc(NC(=O)c2ccc(Br)cc2Cl)n[nH]1. The van der Waals surface area contributed by atoms with E-state index in [1.807, 2.05) is 0 Å². The standard InChI is InChI=1S/C10H8BrClN4O/c1-5-13-10(16-15-5)14-9(17)7-3-2-6(11)4-8(7)12/h2-4H,1H3,(H2,13,14,15,16,17). The highest BCUT2D eigenvalue weighted by Gasteiger charge is 2.12. The summed E-state index contributed by atoms with van der Waals surface area (Å²) in [5.74, 6) is 0.509. The number of aromatic amines is 1. The van der Waals surface area contributed by atoms with Gasteiger partial charge in [-0.25, -0.2) is 0 Å². The Labute approximate surface area is 111 Å². The molecule has 5 nitrogen and oxygen atoms in total. The molecular formula is C10H8BrClN4O. The van der Waals surface area contributed by atoms with E-state index in [1.54, 1.807) is 25.1 Å². The molecule has 88 valence electrons. The van der Waals surface area contributed by atoms with E-state index in [0.717, 1.165) is 4.47 Å². The molecule has 0 fully saturated rings. The average molecular weight is 316 g/mol. The Bertz CT molecular complexity index is 569. The van der Waals surface area contributed by atoms with E-state index in [1.165, 1.54) is 0 Å². The lowest BCUT2D eigenvalue weighted by Crippen LogP contribution is -2.13. The number of aromatic nitrogens is 3. The third-order valence-corrected chi connectivity index (χ3v) is 2.80. The highest BCUT2D eigenvalue weighted by Crippen LogP contribution is 2.21. The van der Waals surface area contributed by atoms with Gasteiger partial charge in [0.1, 0.15) is 5.82 Å². The number of hydrogen-bond donors (Lipinski definition) is 2. The molecule has 0 spiro atoms. The largest absolute Gasteiger partial charge is 0.289 e. The predicted octanol–water partition coefficient (Wildman–Crippen LogP) is 2.78. The summed E-state index contributed by atoms with van der Waals surface area (Å²) in [6.07, 6.45) is 0. The van der Waals surface area contributed by atoms with Gasteiger partial charge < -0.3 is 0 Å². The van der Waals surface area contributed by atoms with Crippen LogP contribution >= 0.6 is 27.5 Å². The van der Waals surface area contributed by atoms with Crippen molar-refractivity contribution in [3.05, 3.63) is 39.1 Å². The van der Waals surface area contributed by atoms with E-state index in [0.29, 0.717) is 16.4 Å². The fourth-order valence-electron chi connectivity index (χ4n) is 1.24. The van der Waals surface area contributed by atoms with Crippen LogP contribution in [0.3, 0.4) is 0 Å². The number of nitrogens with zero attached hydrogens (tertiary/aromatic N) is 2. The number of benzene rings is 1. The maximum absolute atomic E-state index is 11.9. The zero-order chi connectivity index (χ0) is 12.4. The van der Waals surface area contributed by atoms with E-state index in [-0.39, 0.29) is 11.9 Å². The van der Waals surface area contributed by atoms with Crippen LogP contribution in [0.15, 0.2) is 22.7 Å². The lowest BCUT2D eigenvalue weighted by Gasteiger charge is -2.03.